The average molecular weight is 343 g/mol. The molecule has 1 saturated heterocycles. The van der Waals surface area contributed by atoms with Crippen LogP contribution in [0.15, 0.2) is 18.5 Å². The fourth-order valence-electron chi connectivity index (χ4n) is 3.17. The molecule has 1 atom stereocenters. The normalized spacial score (nSPS) is 17.6. The lowest BCUT2D eigenvalue weighted by Crippen LogP contribution is -2.41. The van der Waals surface area contributed by atoms with Gasteiger partial charge in [0.05, 0.1) is 19.2 Å². The van der Waals surface area contributed by atoms with Crippen LogP contribution in [0.2, 0.25) is 0 Å². The number of anilines is 1. The van der Waals surface area contributed by atoms with Crippen LogP contribution < -0.4 is 4.90 Å². The molecule has 3 heterocycles. The number of aromatic nitrogens is 4. The molecule has 2 aromatic rings. The number of ether oxygens (including phenoxy) is 1. The van der Waals surface area contributed by atoms with Gasteiger partial charge >= 0.3 is 5.97 Å². The zero-order valence-electron chi connectivity index (χ0n) is 15.1. The summed E-state index contributed by atoms with van der Waals surface area (Å²) in [5.41, 5.74) is 1.84. The molecule has 0 amide bonds. The summed E-state index contributed by atoms with van der Waals surface area (Å²) in [7, 11) is 0. The molecular weight excluding hydrogens is 318 g/mol. The van der Waals surface area contributed by atoms with Gasteiger partial charge < -0.3 is 9.64 Å². The second-order valence-electron chi connectivity index (χ2n) is 6.50. The number of piperidine rings is 1. The quantitative estimate of drug-likeness (QED) is 0.774. The third-order valence-electron chi connectivity index (χ3n) is 4.31. The van der Waals surface area contributed by atoms with Crippen molar-refractivity contribution in [2.24, 2.45) is 0 Å². The van der Waals surface area contributed by atoms with E-state index >= 15 is 0 Å². The Morgan fingerprint density at radius 3 is 2.92 bits per heavy atom. The molecule has 0 saturated carbocycles. The summed E-state index contributed by atoms with van der Waals surface area (Å²) in [5.74, 6) is 1.48. The lowest BCUT2D eigenvalue weighted by molar-refractivity contribution is -0.148. The summed E-state index contributed by atoms with van der Waals surface area (Å²) in [6.45, 7) is 8.28. The maximum atomic E-state index is 12.2. The third kappa shape index (κ3) is 4.55. The molecule has 7 nitrogen and oxygen atoms in total. The number of nitrogens with zero attached hydrogens (tertiary/aromatic N) is 5. The van der Waals surface area contributed by atoms with Gasteiger partial charge in [-0.15, -0.1) is 0 Å². The van der Waals surface area contributed by atoms with Gasteiger partial charge in [-0.05, 0) is 33.6 Å². The van der Waals surface area contributed by atoms with Gasteiger partial charge in [0, 0.05) is 36.6 Å². The molecule has 7 heteroatoms. The summed E-state index contributed by atoms with van der Waals surface area (Å²) in [4.78, 5) is 23.2. The Balaban J connectivity index is 1.58. The molecule has 25 heavy (non-hydrogen) atoms. The van der Waals surface area contributed by atoms with Gasteiger partial charge in [0.25, 0.3) is 0 Å². The molecule has 134 valence electrons. The lowest BCUT2D eigenvalue weighted by atomic mass is 10.1. The van der Waals surface area contributed by atoms with Crippen LogP contribution in [-0.2, 0) is 22.5 Å². The van der Waals surface area contributed by atoms with Crippen molar-refractivity contribution in [1.82, 2.24) is 19.7 Å². The maximum absolute atomic E-state index is 12.2. The molecular formula is C18H25N5O2. The predicted octanol–water partition coefficient (Wildman–Crippen LogP) is 2.06. The molecule has 0 spiro atoms. The number of hydrogen-bond donors (Lipinski definition) is 0. The van der Waals surface area contributed by atoms with Gasteiger partial charge in [-0.2, -0.15) is 5.10 Å². The highest BCUT2D eigenvalue weighted by atomic mass is 16.5. The van der Waals surface area contributed by atoms with Gasteiger partial charge in [0.15, 0.2) is 0 Å². The minimum atomic E-state index is -0.197. The largest absolute Gasteiger partial charge is 0.460 e. The standard InChI is InChI=1S/C18H25N5O2/c1-4-23-11-15(10-19-23)9-18(24)25-16-6-5-7-22(12-16)17-8-13(2)20-14(3)21-17/h8,10-11,16H,4-7,9,12H2,1-3H3. The molecule has 0 aliphatic carbocycles. The Labute approximate surface area is 148 Å². The second-order valence-corrected chi connectivity index (χ2v) is 6.50. The zero-order chi connectivity index (χ0) is 17.8. The average Bonchev–Trinajstić information content (AvgIpc) is 3.01. The Morgan fingerprint density at radius 2 is 2.20 bits per heavy atom. The van der Waals surface area contributed by atoms with Gasteiger partial charge in [-0.3, -0.25) is 9.48 Å². The summed E-state index contributed by atoms with van der Waals surface area (Å²) in [6.07, 6.45) is 5.65. The number of hydrogen-bond acceptors (Lipinski definition) is 6. The van der Waals surface area contributed by atoms with E-state index in [2.05, 4.69) is 20.0 Å². The van der Waals surface area contributed by atoms with Crippen LogP contribution in [0, 0.1) is 13.8 Å². The lowest BCUT2D eigenvalue weighted by Gasteiger charge is -2.33. The summed E-state index contributed by atoms with van der Waals surface area (Å²) in [5, 5.41) is 4.19. The first-order valence-electron chi connectivity index (χ1n) is 8.81. The minimum Gasteiger partial charge on any atom is -0.460 e. The molecule has 1 aliphatic heterocycles. The summed E-state index contributed by atoms with van der Waals surface area (Å²) < 4.78 is 7.50. The van der Waals surface area contributed by atoms with Crippen molar-refractivity contribution in [1.29, 1.82) is 0 Å². The number of aryl methyl sites for hydroxylation is 3. The van der Waals surface area contributed by atoms with Crippen molar-refractivity contribution < 1.29 is 9.53 Å². The van der Waals surface area contributed by atoms with E-state index in [1.54, 1.807) is 6.20 Å². The first-order valence-corrected chi connectivity index (χ1v) is 8.81. The molecule has 0 radical (unpaired) electrons. The highest BCUT2D eigenvalue weighted by molar-refractivity contribution is 5.72. The van der Waals surface area contributed by atoms with E-state index in [1.165, 1.54) is 0 Å². The summed E-state index contributed by atoms with van der Waals surface area (Å²) in [6, 6.07) is 1.98. The van der Waals surface area contributed by atoms with Crippen LogP contribution in [0.1, 0.15) is 36.8 Å². The third-order valence-corrected chi connectivity index (χ3v) is 4.31. The maximum Gasteiger partial charge on any atom is 0.310 e. The van der Waals surface area contributed by atoms with Gasteiger partial charge in [-0.1, -0.05) is 0 Å². The Morgan fingerprint density at radius 1 is 1.36 bits per heavy atom. The molecule has 3 rings (SSSR count). The van der Waals surface area contributed by atoms with E-state index in [1.807, 2.05) is 37.7 Å². The fraction of sp³-hybridized carbons (Fsp3) is 0.556. The topological polar surface area (TPSA) is 73.1 Å². The molecule has 1 aliphatic rings. The van der Waals surface area contributed by atoms with Crippen LogP contribution in [0.25, 0.3) is 0 Å². The fourth-order valence-corrected chi connectivity index (χ4v) is 3.17. The van der Waals surface area contributed by atoms with Crippen LogP contribution in [0.5, 0.6) is 0 Å². The smallest absolute Gasteiger partial charge is 0.310 e. The van der Waals surface area contributed by atoms with E-state index in [-0.39, 0.29) is 18.5 Å². The highest BCUT2D eigenvalue weighted by Crippen LogP contribution is 2.20. The van der Waals surface area contributed by atoms with Crippen molar-refractivity contribution in [3.8, 4) is 0 Å². The summed E-state index contributed by atoms with van der Waals surface area (Å²) >= 11 is 0. The van der Waals surface area contributed by atoms with E-state index in [0.29, 0.717) is 6.54 Å². The van der Waals surface area contributed by atoms with E-state index in [0.717, 1.165) is 48.8 Å². The van der Waals surface area contributed by atoms with Crippen LogP contribution >= 0.6 is 0 Å². The number of rotatable bonds is 5. The highest BCUT2D eigenvalue weighted by Gasteiger charge is 2.24. The molecule has 0 N–H and O–H groups in total. The van der Waals surface area contributed by atoms with Crippen molar-refractivity contribution in [2.75, 3.05) is 18.0 Å². The molecule has 2 aromatic heterocycles. The Bertz CT molecular complexity index is 723. The second kappa shape index (κ2) is 7.63. The van der Waals surface area contributed by atoms with E-state index < -0.39 is 0 Å². The van der Waals surface area contributed by atoms with Crippen molar-refractivity contribution >= 4 is 11.8 Å². The van der Waals surface area contributed by atoms with E-state index in [9.17, 15) is 4.79 Å². The van der Waals surface area contributed by atoms with E-state index in [4.69, 9.17) is 4.74 Å². The molecule has 1 fully saturated rings. The first-order chi connectivity index (χ1) is 12.0. The van der Waals surface area contributed by atoms with Gasteiger partial charge in [-0.25, -0.2) is 9.97 Å². The van der Waals surface area contributed by atoms with Gasteiger partial charge in [0.1, 0.15) is 17.7 Å². The van der Waals surface area contributed by atoms with Gasteiger partial charge in [0.2, 0.25) is 0 Å². The minimum absolute atomic E-state index is 0.0990. The number of carbonyl (C=O) groups is 1. The molecule has 0 aromatic carbocycles. The Kier molecular flexibility index (Phi) is 5.31. The molecule has 0 bridgehead atoms. The monoisotopic (exact) mass is 343 g/mol. The van der Waals surface area contributed by atoms with Crippen LogP contribution in [0.4, 0.5) is 5.82 Å². The number of carbonyl (C=O) groups excluding carboxylic acids is 1. The number of esters is 1. The first kappa shape index (κ1) is 17.4. The Hall–Kier alpha value is -2.44. The van der Waals surface area contributed by atoms with Crippen molar-refractivity contribution in [2.45, 2.75) is 52.7 Å². The zero-order valence-corrected chi connectivity index (χ0v) is 15.1. The van der Waals surface area contributed by atoms with Crippen LogP contribution in [0.3, 0.4) is 0 Å². The SMILES string of the molecule is CCn1cc(CC(=O)OC2CCCN(c3cc(C)nc(C)n3)C2)cn1. The van der Waals surface area contributed by atoms with Crippen LogP contribution in [-0.4, -0.2) is 44.9 Å². The van der Waals surface area contributed by atoms with Crippen molar-refractivity contribution in [3.63, 3.8) is 0 Å². The molecule has 1 unspecified atom stereocenters. The predicted molar refractivity (Wildman–Crippen MR) is 94.4 cm³/mol. The van der Waals surface area contributed by atoms with Crippen molar-refractivity contribution in [3.05, 3.63) is 35.5 Å².